The third-order valence-corrected chi connectivity index (χ3v) is 6.93. The van der Waals surface area contributed by atoms with Crippen molar-refractivity contribution < 1.29 is 29.0 Å². The minimum Gasteiger partial charge on any atom is -0.390 e. The van der Waals surface area contributed by atoms with Crippen molar-refractivity contribution in [2.24, 2.45) is 0 Å². The molecule has 0 saturated carbocycles. The van der Waals surface area contributed by atoms with Crippen LogP contribution in [0.25, 0.3) is 0 Å². The zero-order chi connectivity index (χ0) is 26.2. The number of urea groups is 1. The summed E-state index contributed by atoms with van der Waals surface area (Å²) in [6, 6.07) is -2.58. The van der Waals surface area contributed by atoms with Crippen LogP contribution in [0.3, 0.4) is 0 Å². The monoisotopic (exact) mass is 510 g/mol. The predicted octanol–water partition coefficient (Wildman–Crippen LogP) is -1.03. The Morgan fingerprint density at radius 2 is 1.83 bits per heavy atom. The highest BCUT2D eigenvalue weighted by Crippen LogP contribution is 2.19. The van der Waals surface area contributed by atoms with Crippen LogP contribution in [0.1, 0.15) is 59.3 Å². The molecule has 3 rings (SSSR count). The van der Waals surface area contributed by atoms with E-state index in [0.29, 0.717) is 39.0 Å². The van der Waals surface area contributed by atoms with Gasteiger partial charge in [-0.15, -0.1) is 0 Å². The quantitative estimate of drug-likeness (QED) is 0.283. The smallest absolute Gasteiger partial charge is 0.318 e. The van der Waals surface area contributed by atoms with E-state index in [9.17, 15) is 24.3 Å². The van der Waals surface area contributed by atoms with Gasteiger partial charge in [-0.3, -0.25) is 14.4 Å². The molecule has 36 heavy (non-hydrogen) atoms. The van der Waals surface area contributed by atoms with Crippen LogP contribution in [0.2, 0.25) is 0 Å². The van der Waals surface area contributed by atoms with E-state index < -0.39 is 36.2 Å². The van der Waals surface area contributed by atoms with Crippen molar-refractivity contribution in [1.82, 2.24) is 31.5 Å². The maximum atomic E-state index is 13.0. The molecule has 0 unspecified atom stereocenters. The molecule has 5 atom stereocenters. The Bertz CT molecular complexity index is 789. The molecular weight excluding hydrogens is 468 g/mol. The first-order chi connectivity index (χ1) is 17.1. The molecule has 0 radical (unpaired) electrons. The number of likely N-dealkylation sites (tertiary alicyclic amines) is 1. The average molecular weight is 511 g/mol. The Labute approximate surface area is 212 Å². The Kier molecular flexibility index (Phi) is 10.3. The van der Waals surface area contributed by atoms with Gasteiger partial charge in [-0.05, 0) is 52.9 Å². The molecule has 0 aromatic rings. The van der Waals surface area contributed by atoms with Crippen LogP contribution >= 0.6 is 0 Å². The number of nitrogens with zero attached hydrogens (tertiary/aromatic N) is 1. The van der Waals surface area contributed by atoms with E-state index in [0.717, 1.165) is 12.8 Å². The Morgan fingerprint density at radius 3 is 2.53 bits per heavy atom. The highest BCUT2D eigenvalue weighted by Gasteiger charge is 2.40. The largest absolute Gasteiger partial charge is 0.390 e. The molecule has 2 bridgehead atoms. The summed E-state index contributed by atoms with van der Waals surface area (Å²) in [5.74, 6) is -0.934. The second-order valence-corrected chi connectivity index (χ2v) is 10.4. The molecule has 204 valence electrons. The van der Waals surface area contributed by atoms with Crippen LogP contribution < -0.4 is 26.6 Å². The number of rotatable bonds is 3. The molecule has 5 amide bonds. The fourth-order valence-electron chi connectivity index (χ4n) is 4.89. The molecule has 0 aromatic carbocycles. The summed E-state index contributed by atoms with van der Waals surface area (Å²) in [7, 11) is 0. The zero-order valence-corrected chi connectivity index (χ0v) is 21.5. The molecular formula is C24H42N6O6. The SMILES string of the molecule is CC(C)NC(=O)N1C[C@H]2C[C@H]1C(=O)NCCC[C@H](NC1CCOCC1)C(=O)N[C@@H](C)[C@@H](O)CC(=O)N2. The van der Waals surface area contributed by atoms with E-state index in [4.69, 9.17) is 4.74 Å². The number of hydrogen-bond donors (Lipinski definition) is 6. The van der Waals surface area contributed by atoms with E-state index in [1.165, 1.54) is 4.90 Å². The number of carbonyl (C=O) groups excluding carboxylic acids is 4. The minimum atomic E-state index is -1.08. The summed E-state index contributed by atoms with van der Waals surface area (Å²) in [5.41, 5.74) is 0. The van der Waals surface area contributed by atoms with Gasteiger partial charge in [0.05, 0.1) is 24.6 Å². The number of aliphatic hydroxyl groups excluding tert-OH is 1. The van der Waals surface area contributed by atoms with E-state index in [1.54, 1.807) is 6.92 Å². The Morgan fingerprint density at radius 1 is 1.11 bits per heavy atom. The van der Waals surface area contributed by atoms with Gasteiger partial charge < -0.3 is 41.3 Å². The van der Waals surface area contributed by atoms with Crippen LogP contribution in [0.5, 0.6) is 0 Å². The maximum Gasteiger partial charge on any atom is 0.318 e. The standard InChI is InChI=1S/C24H42N6O6/c1-14(2)26-24(35)30-13-17-11-19(30)23(34)25-8-4-5-18(28-16-6-9-36-10-7-16)22(33)27-15(3)20(31)12-21(32)29-17/h14-20,28,31H,4-13H2,1-3H3,(H,25,34)(H,26,35)(H,27,33)(H,29,32)/t15-,17+,18-,19-,20-/m0/s1. The Hall–Kier alpha value is -2.44. The lowest BCUT2D eigenvalue weighted by molar-refractivity contribution is -0.128. The minimum absolute atomic E-state index is 0.0988. The van der Waals surface area contributed by atoms with Gasteiger partial charge in [-0.25, -0.2) is 4.79 Å². The van der Waals surface area contributed by atoms with Crippen LogP contribution in [0.4, 0.5) is 4.79 Å². The van der Waals surface area contributed by atoms with Crippen molar-refractivity contribution in [2.75, 3.05) is 26.3 Å². The van der Waals surface area contributed by atoms with Crippen molar-refractivity contribution in [2.45, 2.75) is 102 Å². The number of carbonyl (C=O) groups is 4. The van der Waals surface area contributed by atoms with E-state index in [-0.39, 0.29) is 42.9 Å². The maximum absolute atomic E-state index is 13.0. The summed E-state index contributed by atoms with van der Waals surface area (Å²) in [5, 5.41) is 25.4. The number of nitrogens with one attached hydrogen (secondary N) is 5. The second-order valence-electron chi connectivity index (χ2n) is 10.4. The van der Waals surface area contributed by atoms with Gasteiger partial charge in [-0.2, -0.15) is 0 Å². The fraction of sp³-hybridized carbons (Fsp3) is 0.833. The van der Waals surface area contributed by atoms with Crippen molar-refractivity contribution in [1.29, 1.82) is 0 Å². The van der Waals surface area contributed by atoms with Crippen LogP contribution in [0, 0.1) is 0 Å². The van der Waals surface area contributed by atoms with E-state index in [1.807, 2.05) is 13.8 Å². The molecule has 6 N–H and O–H groups in total. The van der Waals surface area contributed by atoms with Gasteiger partial charge in [0.25, 0.3) is 0 Å². The van der Waals surface area contributed by atoms with Crippen molar-refractivity contribution in [3.8, 4) is 0 Å². The molecule has 3 saturated heterocycles. The van der Waals surface area contributed by atoms with Gasteiger partial charge >= 0.3 is 6.03 Å². The van der Waals surface area contributed by atoms with Crippen molar-refractivity contribution in [3.63, 3.8) is 0 Å². The predicted molar refractivity (Wildman–Crippen MR) is 132 cm³/mol. The highest BCUT2D eigenvalue weighted by atomic mass is 16.5. The lowest BCUT2D eigenvalue weighted by Gasteiger charge is -2.30. The lowest BCUT2D eigenvalue weighted by atomic mass is 10.0. The van der Waals surface area contributed by atoms with Gasteiger partial charge in [0.15, 0.2) is 0 Å². The summed E-state index contributed by atoms with van der Waals surface area (Å²) >= 11 is 0. The summed E-state index contributed by atoms with van der Waals surface area (Å²) < 4.78 is 5.41. The molecule has 12 heteroatoms. The number of aliphatic hydroxyl groups is 1. The number of hydrogen-bond acceptors (Lipinski definition) is 7. The third kappa shape index (κ3) is 8.04. The molecule has 0 aliphatic carbocycles. The first kappa shape index (κ1) is 28.1. The molecule has 3 aliphatic rings. The number of amides is 5. The first-order valence-electron chi connectivity index (χ1n) is 13.1. The highest BCUT2D eigenvalue weighted by molar-refractivity contribution is 5.88. The van der Waals surface area contributed by atoms with Gasteiger partial charge in [-0.1, -0.05) is 0 Å². The van der Waals surface area contributed by atoms with Crippen LogP contribution in [-0.4, -0.2) is 102 Å². The summed E-state index contributed by atoms with van der Waals surface area (Å²) in [4.78, 5) is 52.9. The van der Waals surface area contributed by atoms with Gasteiger partial charge in [0, 0.05) is 44.4 Å². The summed E-state index contributed by atoms with van der Waals surface area (Å²) in [6.45, 7) is 7.17. The van der Waals surface area contributed by atoms with Gasteiger partial charge in [0.1, 0.15) is 6.04 Å². The van der Waals surface area contributed by atoms with Crippen LogP contribution in [-0.2, 0) is 19.1 Å². The fourth-order valence-corrected chi connectivity index (χ4v) is 4.89. The Balaban J connectivity index is 1.72. The topological polar surface area (TPSA) is 161 Å². The molecule has 3 heterocycles. The first-order valence-corrected chi connectivity index (χ1v) is 13.1. The zero-order valence-electron chi connectivity index (χ0n) is 21.5. The van der Waals surface area contributed by atoms with E-state index >= 15 is 0 Å². The molecule has 3 fully saturated rings. The van der Waals surface area contributed by atoms with Crippen molar-refractivity contribution >= 4 is 23.8 Å². The van der Waals surface area contributed by atoms with Crippen LogP contribution in [0.15, 0.2) is 0 Å². The number of ether oxygens (including phenoxy) is 1. The summed E-state index contributed by atoms with van der Waals surface area (Å²) in [6.07, 6.45) is 1.65. The van der Waals surface area contributed by atoms with Gasteiger partial charge in [0.2, 0.25) is 17.7 Å². The second kappa shape index (κ2) is 13.2. The van der Waals surface area contributed by atoms with E-state index in [2.05, 4.69) is 26.6 Å². The lowest BCUT2D eigenvalue weighted by Crippen LogP contribution is -2.54. The average Bonchev–Trinajstić information content (AvgIpc) is 3.24. The molecule has 0 spiro atoms. The molecule has 12 nitrogen and oxygen atoms in total. The third-order valence-electron chi connectivity index (χ3n) is 6.93. The van der Waals surface area contributed by atoms with Crippen molar-refractivity contribution in [3.05, 3.63) is 0 Å². The molecule has 3 aliphatic heterocycles. The normalized spacial score (nSPS) is 31.5. The molecule has 0 aromatic heterocycles. The number of fused-ring (bicyclic) bond motifs is 2.